The summed E-state index contributed by atoms with van der Waals surface area (Å²) in [6.07, 6.45) is -0.394. The van der Waals surface area contributed by atoms with Gasteiger partial charge >= 0.3 is 0 Å². The molecule has 0 spiro atoms. The lowest BCUT2D eigenvalue weighted by atomic mass is 10.1. The second kappa shape index (κ2) is 6.34. The number of halogens is 2. The van der Waals surface area contributed by atoms with E-state index in [1.54, 1.807) is 12.1 Å². The van der Waals surface area contributed by atoms with Crippen molar-refractivity contribution in [2.45, 2.75) is 32.9 Å². The van der Waals surface area contributed by atoms with E-state index in [1.807, 2.05) is 20.8 Å². The number of aliphatic hydroxyl groups is 1. The Balaban J connectivity index is 2.58. The van der Waals surface area contributed by atoms with Crippen LogP contribution in [0.5, 0.6) is 0 Å². The molecule has 0 bridgehead atoms. The normalized spacial score (nSPS) is 15.0. The van der Waals surface area contributed by atoms with Crippen LogP contribution in [0.15, 0.2) is 18.2 Å². The van der Waals surface area contributed by atoms with Gasteiger partial charge in [0.05, 0.1) is 11.1 Å². The highest BCUT2D eigenvalue weighted by Gasteiger charge is 2.12. The molecule has 2 atom stereocenters. The third-order valence-corrected chi connectivity index (χ3v) is 3.15. The van der Waals surface area contributed by atoms with Gasteiger partial charge in [0.1, 0.15) is 5.82 Å². The maximum absolute atomic E-state index is 13.3. The first-order chi connectivity index (χ1) is 7.91. The molecule has 0 amide bonds. The average molecular weight is 260 g/mol. The molecule has 1 aromatic carbocycles. The molecule has 0 aromatic heterocycles. The van der Waals surface area contributed by atoms with Gasteiger partial charge in [-0.3, -0.25) is 0 Å². The Bertz CT molecular complexity index is 370. The molecule has 2 N–H and O–H groups in total. The molecule has 1 aromatic rings. The number of hydrogen-bond acceptors (Lipinski definition) is 2. The Kier molecular flexibility index (Phi) is 5.37. The molecule has 0 saturated heterocycles. The SMILES string of the molecule is CC(NCC(O)C(C)C)c1ccc(Cl)c(F)c1. The summed E-state index contributed by atoms with van der Waals surface area (Å²) in [5.74, 6) is -0.209. The first kappa shape index (κ1) is 14.4. The molecule has 17 heavy (non-hydrogen) atoms. The Hall–Kier alpha value is -0.640. The van der Waals surface area contributed by atoms with Crippen molar-refractivity contribution in [3.63, 3.8) is 0 Å². The number of hydrogen-bond donors (Lipinski definition) is 2. The first-order valence-corrected chi connectivity index (χ1v) is 6.16. The van der Waals surface area contributed by atoms with Crippen molar-refractivity contribution >= 4 is 11.6 Å². The van der Waals surface area contributed by atoms with E-state index in [2.05, 4.69) is 5.32 Å². The molecule has 96 valence electrons. The average Bonchev–Trinajstić information content (AvgIpc) is 2.28. The van der Waals surface area contributed by atoms with E-state index < -0.39 is 11.9 Å². The zero-order valence-electron chi connectivity index (χ0n) is 10.4. The minimum absolute atomic E-state index is 0.0184. The van der Waals surface area contributed by atoms with Crippen LogP contribution < -0.4 is 5.32 Å². The van der Waals surface area contributed by atoms with Gasteiger partial charge in [0.15, 0.2) is 0 Å². The van der Waals surface area contributed by atoms with E-state index in [9.17, 15) is 9.50 Å². The van der Waals surface area contributed by atoms with Crippen LogP contribution in [0.3, 0.4) is 0 Å². The van der Waals surface area contributed by atoms with E-state index >= 15 is 0 Å². The van der Waals surface area contributed by atoms with Gasteiger partial charge in [-0.25, -0.2) is 4.39 Å². The smallest absolute Gasteiger partial charge is 0.142 e. The van der Waals surface area contributed by atoms with Gasteiger partial charge in [0, 0.05) is 12.6 Å². The van der Waals surface area contributed by atoms with E-state index in [0.717, 1.165) is 5.56 Å². The van der Waals surface area contributed by atoms with Crippen molar-refractivity contribution in [3.05, 3.63) is 34.6 Å². The number of benzene rings is 1. The Morgan fingerprint density at radius 2 is 2.00 bits per heavy atom. The molecule has 0 heterocycles. The third kappa shape index (κ3) is 4.26. The summed E-state index contributed by atoms with van der Waals surface area (Å²) in [6.45, 7) is 6.33. The third-order valence-electron chi connectivity index (χ3n) is 2.85. The molecular formula is C13H19ClFNO. The highest BCUT2D eigenvalue weighted by molar-refractivity contribution is 6.30. The standard InChI is InChI=1S/C13H19ClFNO/c1-8(2)13(17)7-16-9(3)10-4-5-11(14)12(15)6-10/h4-6,8-9,13,16-17H,7H2,1-3H3. The molecule has 0 aliphatic heterocycles. The largest absolute Gasteiger partial charge is 0.392 e. The molecule has 0 aliphatic rings. The predicted molar refractivity (Wildman–Crippen MR) is 68.7 cm³/mol. The Morgan fingerprint density at radius 3 is 2.53 bits per heavy atom. The fourth-order valence-corrected chi connectivity index (χ4v) is 1.55. The summed E-state index contributed by atoms with van der Waals surface area (Å²) >= 11 is 5.62. The molecule has 4 heteroatoms. The molecule has 0 saturated carbocycles. The molecule has 0 fully saturated rings. The summed E-state index contributed by atoms with van der Waals surface area (Å²) in [4.78, 5) is 0. The second-order valence-corrected chi connectivity index (χ2v) is 5.02. The predicted octanol–water partition coefficient (Wildman–Crippen LogP) is 3.15. The maximum Gasteiger partial charge on any atom is 0.142 e. The van der Waals surface area contributed by atoms with E-state index in [-0.39, 0.29) is 17.0 Å². The lowest BCUT2D eigenvalue weighted by Crippen LogP contribution is -2.32. The van der Waals surface area contributed by atoms with Crippen LogP contribution in [-0.4, -0.2) is 17.8 Å². The van der Waals surface area contributed by atoms with Crippen LogP contribution >= 0.6 is 11.6 Å². The van der Waals surface area contributed by atoms with E-state index in [4.69, 9.17) is 11.6 Å². The second-order valence-electron chi connectivity index (χ2n) is 4.61. The highest BCUT2D eigenvalue weighted by Crippen LogP contribution is 2.20. The van der Waals surface area contributed by atoms with Crippen molar-refractivity contribution < 1.29 is 9.50 Å². The van der Waals surface area contributed by atoms with Crippen LogP contribution in [0.25, 0.3) is 0 Å². The van der Waals surface area contributed by atoms with Crippen LogP contribution in [0.1, 0.15) is 32.4 Å². The monoisotopic (exact) mass is 259 g/mol. The van der Waals surface area contributed by atoms with Crippen molar-refractivity contribution in [1.82, 2.24) is 5.32 Å². The maximum atomic E-state index is 13.3. The molecule has 0 radical (unpaired) electrons. The van der Waals surface area contributed by atoms with Crippen LogP contribution in [0.2, 0.25) is 5.02 Å². The summed E-state index contributed by atoms with van der Waals surface area (Å²) in [5.41, 5.74) is 0.822. The van der Waals surface area contributed by atoms with E-state index in [1.165, 1.54) is 6.07 Å². The zero-order chi connectivity index (χ0) is 13.0. The summed E-state index contributed by atoms with van der Waals surface area (Å²) in [7, 11) is 0. The molecule has 1 rings (SSSR count). The van der Waals surface area contributed by atoms with Crippen molar-refractivity contribution in [2.75, 3.05) is 6.54 Å². The Morgan fingerprint density at radius 1 is 1.35 bits per heavy atom. The van der Waals surface area contributed by atoms with Crippen molar-refractivity contribution in [3.8, 4) is 0 Å². The molecular weight excluding hydrogens is 241 g/mol. The minimum Gasteiger partial charge on any atom is -0.392 e. The van der Waals surface area contributed by atoms with Gasteiger partial charge in [-0.2, -0.15) is 0 Å². The summed E-state index contributed by atoms with van der Waals surface area (Å²) < 4.78 is 13.3. The van der Waals surface area contributed by atoms with Gasteiger partial charge in [-0.05, 0) is 30.5 Å². The van der Waals surface area contributed by atoms with Gasteiger partial charge in [-0.15, -0.1) is 0 Å². The molecule has 0 aliphatic carbocycles. The van der Waals surface area contributed by atoms with Crippen LogP contribution in [-0.2, 0) is 0 Å². The van der Waals surface area contributed by atoms with Crippen molar-refractivity contribution in [1.29, 1.82) is 0 Å². The summed E-state index contributed by atoms with van der Waals surface area (Å²) in [5, 5.41) is 13.0. The number of nitrogens with one attached hydrogen (secondary N) is 1. The van der Waals surface area contributed by atoms with Gasteiger partial charge in [0.25, 0.3) is 0 Å². The van der Waals surface area contributed by atoms with E-state index in [0.29, 0.717) is 6.54 Å². The molecule has 2 unspecified atom stereocenters. The van der Waals surface area contributed by atoms with Gasteiger partial charge in [0.2, 0.25) is 0 Å². The Labute approximate surface area is 107 Å². The fraction of sp³-hybridized carbons (Fsp3) is 0.538. The molecule has 2 nitrogen and oxygen atoms in total. The lowest BCUT2D eigenvalue weighted by molar-refractivity contribution is 0.120. The number of aliphatic hydroxyl groups excluding tert-OH is 1. The minimum atomic E-state index is -0.415. The fourth-order valence-electron chi connectivity index (χ4n) is 1.43. The topological polar surface area (TPSA) is 32.3 Å². The first-order valence-electron chi connectivity index (χ1n) is 5.78. The summed E-state index contributed by atoms with van der Waals surface area (Å²) in [6, 6.07) is 4.73. The highest BCUT2D eigenvalue weighted by atomic mass is 35.5. The van der Waals surface area contributed by atoms with Gasteiger partial charge < -0.3 is 10.4 Å². The number of rotatable bonds is 5. The zero-order valence-corrected chi connectivity index (χ0v) is 11.1. The quantitative estimate of drug-likeness (QED) is 0.852. The lowest BCUT2D eigenvalue weighted by Gasteiger charge is -2.19. The van der Waals surface area contributed by atoms with Crippen LogP contribution in [0, 0.1) is 11.7 Å². The van der Waals surface area contributed by atoms with Crippen molar-refractivity contribution in [2.24, 2.45) is 5.92 Å². The van der Waals surface area contributed by atoms with Crippen LogP contribution in [0.4, 0.5) is 4.39 Å². The van der Waals surface area contributed by atoms with Gasteiger partial charge in [-0.1, -0.05) is 31.5 Å².